The van der Waals surface area contributed by atoms with Gasteiger partial charge in [0.25, 0.3) is 0 Å². The molecule has 0 radical (unpaired) electrons. The Kier molecular flexibility index (Phi) is 9.92. The van der Waals surface area contributed by atoms with Crippen LogP contribution in [0.15, 0.2) is 33.8 Å². The van der Waals surface area contributed by atoms with Crippen molar-refractivity contribution >= 4 is 29.9 Å². The zero-order valence-electron chi connectivity index (χ0n) is 15.2. The highest BCUT2D eigenvalue weighted by Crippen LogP contribution is 2.17. The van der Waals surface area contributed by atoms with Crippen molar-refractivity contribution in [3.05, 3.63) is 41.8 Å². The topological polar surface area (TPSA) is 84.6 Å². The number of ether oxygens (including phenoxy) is 1. The number of guanidine groups is 1. The number of nitrogens with zero attached hydrogens (tertiary/aromatic N) is 3. The third-order valence-corrected chi connectivity index (χ3v) is 3.38. The van der Waals surface area contributed by atoms with Gasteiger partial charge in [-0.25, -0.2) is 9.38 Å². The number of rotatable bonds is 8. The number of benzene rings is 1. The Bertz CT molecular complexity index is 695. The third-order valence-electron chi connectivity index (χ3n) is 3.38. The maximum Gasteiger partial charge on any atom is 0.223 e. The third kappa shape index (κ3) is 7.14. The first-order valence-electron chi connectivity index (χ1n) is 8.34. The van der Waals surface area contributed by atoms with E-state index in [4.69, 9.17) is 9.26 Å². The second kappa shape index (κ2) is 11.7. The zero-order valence-corrected chi connectivity index (χ0v) is 17.5. The fraction of sp³-hybridized carbons (Fsp3) is 0.471. The Morgan fingerprint density at radius 1 is 1.31 bits per heavy atom. The molecule has 0 amide bonds. The first kappa shape index (κ1) is 22.1. The number of aliphatic imine (C=N–C) groups is 1. The Hall–Kier alpha value is -1.91. The average molecular weight is 477 g/mol. The summed E-state index contributed by atoms with van der Waals surface area (Å²) < 4.78 is 24.4. The lowest BCUT2D eigenvalue weighted by atomic mass is 10.2. The van der Waals surface area contributed by atoms with Gasteiger partial charge in [0.05, 0.1) is 6.54 Å². The largest absolute Gasteiger partial charge is 0.486 e. The first-order chi connectivity index (χ1) is 12.1. The minimum absolute atomic E-state index is 0. The Morgan fingerprint density at radius 2 is 2.08 bits per heavy atom. The summed E-state index contributed by atoms with van der Waals surface area (Å²) in [7, 11) is 0. The fourth-order valence-electron chi connectivity index (χ4n) is 2.10. The van der Waals surface area contributed by atoms with E-state index in [1.54, 1.807) is 25.1 Å². The van der Waals surface area contributed by atoms with Crippen molar-refractivity contribution in [3.63, 3.8) is 0 Å². The molecule has 1 aromatic heterocycles. The van der Waals surface area contributed by atoms with Crippen molar-refractivity contribution in [1.29, 1.82) is 0 Å². The van der Waals surface area contributed by atoms with Crippen molar-refractivity contribution in [2.24, 2.45) is 4.99 Å². The zero-order chi connectivity index (χ0) is 18.1. The molecular weight excluding hydrogens is 452 g/mol. The lowest BCUT2D eigenvalue weighted by molar-refractivity contribution is 0.191. The van der Waals surface area contributed by atoms with E-state index in [1.165, 1.54) is 6.07 Å². The summed E-state index contributed by atoms with van der Waals surface area (Å²) in [5, 5.41) is 10.1. The molecule has 1 unspecified atom stereocenters. The average Bonchev–Trinajstić information content (AvgIpc) is 3.03. The number of nitrogens with one attached hydrogen (secondary N) is 2. The van der Waals surface area contributed by atoms with Crippen molar-refractivity contribution in [1.82, 2.24) is 20.8 Å². The molecule has 26 heavy (non-hydrogen) atoms. The maximum atomic E-state index is 13.7. The Labute approximate surface area is 169 Å². The lowest BCUT2D eigenvalue weighted by Crippen LogP contribution is -2.42. The summed E-state index contributed by atoms with van der Waals surface area (Å²) >= 11 is 0. The SMILES string of the molecule is CCNC(=NCc1noc(C)n1)NCC(CC)Oc1ccccc1F.I. The van der Waals surface area contributed by atoms with Gasteiger partial charge in [0.1, 0.15) is 12.6 Å². The predicted molar refractivity (Wildman–Crippen MR) is 108 cm³/mol. The normalized spacial score (nSPS) is 12.2. The molecule has 2 aromatic rings. The van der Waals surface area contributed by atoms with Gasteiger partial charge in [0.2, 0.25) is 5.89 Å². The summed E-state index contributed by atoms with van der Waals surface area (Å²) in [4.78, 5) is 8.52. The summed E-state index contributed by atoms with van der Waals surface area (Å²) in [5.74, 6) is 1.52. The Balaban J connectivity index is 0.00000338. The number of para-hydroxylation sites is 1. The molecule has 2 rings (SSSR count). The quantitative estimate of drug-likeness (QED) is 0.346. The van der Waals surface area contributed by atoms with Crippen LogP contribution in [-0.4, -0.2) is 35.3 Å². The van der Waals surface area contributed by atoms with Crippen LogP contribution in [0.2, 0.25) is 0 Å². The molecule has 9 heteroatoms. The molecule has 7 nitrogen and oxygen atoms in total. The molecule has 0 spiro atoms. The van der Waals surface area contributed by atoms with Gasteiger partial charge < -0.3 is 19.9 Å². The van der Waals surface area contributed by atoms with Gasteiger partial charge in [0, 0.05) is 13.5 Å². The summed E-state index contributed by atoms with van der Waals surface area (Å²) in [5.41, 5.74) is 0. The summed E-state index contributed by atoms with van der Waals surface area (Å²) in [6, 6.07) is 6.39. The van der Waals surface area contributed by atoms with E-state index in [2.05, 4.69) is 25.8 Å². The molecule has 0 aliphatic heterocycles. The summed E-state index contributed by atoms with van der Waals surface area (Å²) in [6.07, 6.45) is 0.540. The molecule has 2 N–H and O–H groups in total. The van der Waals surface area contributed by atoms with Gasteiger partial charge in [-0.1, -0.05) is 24.2 Å². The van der Waals surface area contributed by atoms with Gasteiger partial charge in [-0.3, -0.25) is 0 Å². The Morgan fingerprint density at radius 3 is 2.69 bits per heavy atom. The van der Waals surface area contributed by atoms with E-state index in [9.17, 15) is 4.39 Å². The molecule has 0 bridgehead atoms. The van der Waals surface area contributed by atoms with Crippen molar-refractivity contribution < 1.29 is 13.7 Å². The number of hydrogen-bond acceptors (Lipinski definition) is 5. The number of hydrogen-bond donors (Lipinski definition) is 2. The number of aromatic nitrogens is 2. The van der Waals surface area contributed by atoms with Crippen molar-refractivity contribution in [2.45, 2.75) is 39.8 Å². The molecule has 0 saturated heterocycles. The standard InChI is InChI=1S/C17H24FN5O2.HI/c1-4-13(24-15-9-7-6-8-14(15)18)10-20-17(19-5-2)21-11-16-22-12(3)25-23-16;/h6-9,13H,4-5,10-11H2,1-3H3,(H2,19,20,21);1H. The lowest BCUT2D eigenvalue weighted by Gasteiger charge is -2.20. The highest BCUT2D eigenvalue weighted by Gasteiger charge is 2.12. The van der Waals surface area contributed by atoms with E-state index < -0.39 is 0 Å². The van der Waals surface area contributed by atoms with Gasteiger partial charge in [-0.05, 0) is 25.5 Å². The van der Waals surface area contributed by atoms with Gasteiger partial charge in [-0.15, -0.1) is 24.0 Å². The molecule has 0 aliphatic carbocycles. The van der Waals surface area contributed by atoms with Crippen LogP contribution in [0.3, 0.4) is 0 Å². The van der Waals surface area contributed by atoms with E-state index in [0.29, 0.717) is 37.3 Å². The monoisotopic (exact) mass is 477 g/mol. The van der Waals surface area contributed by atoms with Crippen LogP contribution in [0.25, 0.3) is 0 Å². The second-order valence-electron chi connectivity index (χ2n) is 5.38. The van der Waals surface area contributed by atoms with Crippen LogP contribution < -0.4 is 15.4 Å². The van der Waals surface area contributed by atoms with Gasteiger partial charge >= 0.3 is 0 Å². The molecule has 144 valence electrons. The van der Waals surface area contributed by atoms with Crippen LogP contribution in [0.5, 0.6) is 5.75 Å². The smallest absolute Gasteiger partial charge is 0.223 e. The predicted octanol–water partition coefficient (Wildman–Crippen LogP) is 3.05. The summed E-state index contributed by atoms with van der Waals surface area (Å²) in [6.45, 7) is 7.19. The highest BCUT2D eigenvalue weighted by molar-refractivity contribution is 14.0. The van der Waals surface area contributed by atoms with Crippen LogP contribution in [0.1, 0.15) is 32.0 Å². The van der Waals surface area contributed by atoms with Gasteiger partial charge in [-0.2, -0.15) is 4.98 Å². The van der Waals surface area contributed by atoms with Crippen LogP contribution in [0.4, 0.5) is 4.39 Å². The molecule has 1 aromatic carbocycles. The maximum absolute atomic E-state index is 13.7. The highest BCUT2D eigenvalue weighted by atomic mass is 127. The second-order valence-corrected chi connectivity index (χ2v) is 5.38. The first-order valence-corrected chi connectivity index (χ1v) is 8.34. The molecule has 0 fully saturated rings. The van der Waals surface area contributed by atoms with Crippen LogP contribution in [0, 0.1) is 12.7 Å². The van der Waals surface area contributed by atoms with E-state index in [0.717, 1.165) is 6.42 Å². The molecule has 1 heterocycles. The minimum Gasteiger partial charge on any atom is -0.486 e. The number of halogens is 2. The molecule has 0 aliphatic rings. The van der Waals surface area contributed by atoms with E-state index >= 15 is 0 Å². The van der Waals surface area contributed by atoms with Crippen LogP contribution in [-0.2, 0) is 6.54 Å². The number of aryl methyl sites for hydroxylation is 1. The van der Waals surface area contributed by atoms with Crippen LogP contribution >= 0.6 is 24.0 Å². The van der Waals surface area contributed by atoms with Gasteiger partial charge in [0.15, 0.2) is 23.4 Å². The van der Waals surface area contributed by atoms with E-state index in [-0.39, 0.29) is 41.6 Å². The van der Waals surface area contributed by atoms with Crippen molar-refractivity contribution in [3.8, 4) is 5.75 Å². The van der Waals surface area contributed by atoms with Crippen molar-refractivity contribution in [2.75, 3.05) is 13.1 Å². The molecule has 1 atom stereocenters. The fourth-order valence-corrected chi connectivity index (χ4v) is 2.10. The molecular formula is C17H25FIN5O2. The van der Waals surface area contributed by atoms with E-state index in [1.807, 2.05) is 13.8 Å². The molecule has 0 saturated carbocycles. The minimum atomic E-state index is -0.367.